The molecule has 0 heterocycles. The summed E-state index contributed by atoms with van der Waals surface area (Å²) in [7, 11) is 1.73. The van der Waals surface area contributed by atoms with E-state index in [9.17, 15) is 15.0 Å². The van der Waals surface area contributed by atoms with E-state index in [1.165, 1.54) is 0 Å². The van der Waals surface area contributed by atoms with Crippen molar-refractivity contribution in [3.63, 3.8) is 0 Å². The van der Waals surface area contributed by atoms with Crippen LogP contribution in [0.25, 0.3) is 0 Å². The van der Waals surface area contributed by atoms with Crippen LogP contribution < -0.4 is 0 Å². The predicted molar refractivity (Wildman–Crippen MR) is 123 cm³/mol. The lowest BCUT2D eigenvalue weighted by molar-refractivity contribution is -0.139. The summed E-state index contributed by atoms with van der Waals surface area (Å²) in [5.74, 6) is -0.491. The molecule has 4 atom stereocenters. The third-order valence-corrected chi connectivity index (χ3v) is 5.92. The van der Waals surface area contributed by atoms with Crippen molar-refractivity contribution in [1.29, 1.82) is 0 Å². The van der Waals surface area contributed by atoms with E-state index in [4.69, 9.17) is 0 Å². The number of aliphatic hydroxyl groups excluding tert-OH is 2. The highest BCUT2D eigenvalue weighted by atomic mass is 16.3. The van der Waals surface area contributed by atoms with Crippen LogP contribution in [-0.4, -0.2) is 34.1 Å². The molecule has 3 rings (SSSR count). The summed E-state index contributed by atoms with van der Waals surface area (Å²) in [5.41, 5.74) is 2.62. The van der Waals surface area contributed by atoms with E-state index in [2.05, 4.69) is 0 Å². The predicted octanol–water partition coefficient (Wildman–Crippen LogP) is 4.55. The number of benzene rings is 3. The number of rotatable bonds is 9. The van der Waals surface area contributed by atoms with Crippen LogP contribution in [-0.2, 0) is 11.2 Å². The van der Waals surface area contributed by atoms with Gasteiger partial charge >= 0.3 is 0 Å². The van der Waals surface area contributed by atoms with Crippen molar-refractivity contribution in [3.05, 3.63) is 108 Å². The number of nitrogens with zero attached hydrogens (tertiary/aromatic N) is 1. The fraction of sp³-hybridized carbons (Fsp3) is 0.296. The normalized spacial score (nSPS) is 15.0. The second-order valence-corrected chi connectivity index (χ2v) is 8.09. The molecule has 0 unspecified atom stereocenters. The molecule has 162 valence electrons. The third kappa shape index (κ3) is 6.03. The average Bonchev–Trinajstić information content (AvgIpc) is 2.83. The Morgan fingerprint density at radius 2 is 1.29 bits per heavy atom. The number of carbonyl (C=O) groups excluding carboxylic acids is 1. The first kappa shape index (κ1) is 22.7. The Morgan fingerprint density at radius 3 is 1.84 bits per heavy atom. The molecule has 0 spiro atoms. The van der Waals surface area contributed by atoms with Gasteiger partial charge in [-0.3, -0.25) is 4.79 Å². The largest absolute Gasteiger partial charge is 0.388 e. The molecule has 4 nitrogen and oxygen atoms in total. The van der Waals surface area contributed by atoms with Crippen LogP contribution >= 0.6 is 0 Å². The Hall–Kier alpha value is -2.95. The van der Waals surface area contributed by atoms with Crippen molar-refractivity contribution < 1.29 is 15.0 Å². The molecule has 0 saturated heterocycles. The number of likely N-dealkylation sites (N-methyl/N-ethyl adjacent to an activating group) is 1. The molecule has 2 N–H and O–H groups in total. The summed E-state index contributed by atoms with van der Waals surface area (Å²) in [6, 6.07) is 28.3. The lowest BCUT2D eigenvalue weighted by Gasteiger charge is -2.33. The minimum Gasteiger partial charge on any atom is -0.388 e. The first-order valence-electron chi connectivity index (χ1n) is 10.7. The highest BCUT2D eigenvalue weighted by Gasteiger charge is 2.31. The second kappa shape index (κ2) is 10.9. The van der Waals surface area contributed by atoms with Crippen molar-refractivity contribution in [2.75, 3.05) is 7.05 Å². The average molecular weight is 418 g/mol. The molecule has 0 aliphatic carbocycles. The SMILES string of the molecule is C[C@@H]([C@@H](O)c1ccccc1)N(C)C(=O)[C@@H](Cc1ccccc1)C[C@H](O)c1ccccc1. The maximum atomic E-state index is 13.5. The maximum Gasteiger partial charge on any atom is 0.226 e. The van der Waals surface area contributed by atoms with E-state index in [0.717, 1.165) is 16.7 Å². The number of amides is 1. The first-order valence-corrected chi connectivity index (χ1v) is 10.7. The molecule has 0 aliphatic heterocycles. The van der Waals surface area contributed by atoms with Gasteiger partial charge in [-0.15, -0.1) is 0 Å². The molecule has 0 radical (unpaired) electrons. The zero-order chi connectivity index (χ0) is 22.2. The molecule has 31 heavy (non-hydrogen) atoms. The van der Waals surface area contributed by atoms with Crippen molar-refractivity contribution in [1.82, 2.24) is 4.90 Å². The fourth-order valence-corrected chi connectivity index (χ4v) is 3.88. The zero-order valence-electron chi connectivity index (χ0n) is 18.1. The molecule has 3 aromatic carbocycles. The highest BCUT2D eigenvalue weighted by molar-refractivity contribution is 5.79. The van der Waals surface area contributed by atoms with Crippen molar-refractivity contribution in [3.8, 4) is 0 Å². The Balaban J connectivity index is 1.78. The fourth-order valence-electron chi connectivity index (χ4n) is 3.88. The lowest BCUT2D eigenvalue weighted by Crippen LogP contribution is -2.43. The molecule has 0 aromatic heterocycles. The number of hydrogen-bond acceptors (Lipinski definition) is 3. The van der Waals surface area contributed by atoms with E-state index >= 15 is 0 Å². The topological polar surface area (TPSA) is 60.8 Å². The van der Waals surface area contributed by atoms with Gasteiger partial charge in [-0.2, -0.15) is 0 Å². The van der Waals surface area contributed by atoms with Gasteiger partial charge in [0.15, 0.2) is 0 Å². The molecule has 0 aliphatic rings. The van der Waals surface area contributed by atoms with Gasteiger partial charge in [-0.25, -0.2) is 0 Å². The van der Waals surface area contributed by atoms with Crippen LogP contribution in [0, 0.1) is 5.92 Å². The number of aliphatic hydroxyl groups is 2. The van der Waals surface area contributed by atoms with Gasteiger partial charge in [0.2, 0.25) is 5.91 Å². The summed E-state index contributed by atoms with van der Waals surface area (Å²) < 4.78 is 0. The third-order valence-electron chi connectivity index (χ3n) is 5.92. The van der Waals surface area contributed by atoms with Gasteiger partial charge in [0.05, 0.1) is 18.2 Å². The zero-order valence-corrected chi connectivity index (χ0v) is 18.1. The summed E-state index contributed by atoms with van der Waals surface area (Å²) in [5, 5.41) is 21.6. The van der Waals surface area contributed by atoms with Crippen molar-refractivity contribution in [2.45, 2.75) is 38.0 Å². The van der Waals surface area contributed by atoms with Crippen LogP contribution in [0.3, 0.4) is 0 Å². The van der Waals surface area contributed by atoms with Gasteiger partial charge in [-0.05, 0) is 36.5 Å². The summed E-state index contributed by atoms with van der Waals surface area (Å²) in [6.45, 7) is 1.85. The van der Waals surface area contributed by atoms with Gasteiger partial charge in [0.1, 0.15) is 0 Å². The van der Waals surface area contributed by atoms with E-state index < -0.39 is 24.2 Å². The smallest absolute Gasteiger partial charge is 0.226 e. The van der Waals surface area contributed by atoms with Gasteiger partial charge in [0, 0.05) is 13.0 Å². The van der Waals surface area contributed by atoms with E-state index in [-0.39, 0.29) is 5.91 Å². The summed E-state index contributed by atoms with van der Waals surface area (Å²) in [6.07, 6.45) is -0.675. The minimum absolute atomic E-state index is 0.0821. The highest BCUT2D eigenvalue weighted by Crippen LogP contribution is 2.27. The number of carbonyl (C=O) groups is 1. The van der Waals surface area contributed by atoms with Crippen LogP contribution in [0.4, 0.5) is 0 Å². The van der Waals surface area contributed by atoms with Crippen LogP contribution in [0.2, 0.25) is 0 Å². The van der Waals surface area contributed by atoms with Gasteiger partial charge in [0.25, 0.3) is 0 Å². The lowest BCUT2D eigenvalue weighted by atomic mass is 9.89. The Kier molecular flexibility index (Phi) is 7.99. The molecule has 3 aromatic rings. The minimum atomic E-state index is -0.786. The quantitative estimate of drug-likeness (QED) is 0.537. The van der Waals surface area contributed by atoms with Crippen LogP contribution in [0.15, 0.2) is 91.0 Å². The van der Waals surface area contributed by atoms with Gasteiger partial charge < -0.3 is 15.1 Å². The first-order chi connectivity index (χ1) is 15.0. The molecule has 0 bridgehead atoms. The monoisotopic (exact) mass is 417 g/mol. The second-order valence-electron chi connectivity index (χ2n) is 8.09. The van der Waals surface area contributed by atoms with Crippen molar-refractivity contribution >= 4 is 5.91 Å². The van der Waals surface area contributed by atoms with Crippen LogP contribution in [0.1, 0.15) is 42.2 Å². The maximum absolute atomic E-state index is 13.5. The molecule has 1 amide bonds. The molecule has 4 heteroatoms. The molecule has 0 fully saturated rings. The summed E-state index contributed by atoms with van der Waals surface area (Å²) >= 11 is 0. The Labute approximate surface area is 184 Å². The van der Waals surface area contributed by atoms with Crippen molar-refractivity contribution in [2.24, 2.45) is 5.92 Å². The Morgan fingerprint density at radius 1 is 0.806 bits per heavy atom. The van der Waals surface area contributed by atoms with E-state index in [0.29, 0.717) is 12.8 Å². The van der Waals surface area contributed by atoms with E-state index in [1.807, 2.05) is 97.9 Å². The Bertz CT molecular complexity index is 930. The van der Waals surface area contributed by atoms with E-state index in [1.54, 1.807) is 11.9 Å². The molecular weight excluding hydrogens is 386 g/mol. The summed E-state index contributed by atoms with van der Waals surface area (Å²) in [4.78, 5) is 15.1. The molecular formula is C27H31NO3. The van der Waals surface area contributed by atoms with Crippen LogP contribution in [0.5, 0.6) is 0 Å². The standard InChI is InChI=1S/C27H31NO3/c1-20(26(30)23-16-10-5-11-17-23)28(2)27(31)24(18-21-12-6-3-7-13-21)19-25(29)22-14-8-4-9-15-22/h3-17,20,24-26,29-30H,18-19H2,1-2H3/t20-,24-,25-,26+/m0/s1. The number of hydrogen-bond donors (Lipinski definition) is 2. The van der Waals surface area contributed by atoms with Gasteiger partial charge in [-0.1, -0.05) is 91.0 Å². The molecule has 0 saturated carbocycles.